The van der Waals surface area contributed by atoms with Gasteiger partial charge in [0.05, 0.1) is 0 Å². The van der Waals surface area contributed by atoms with Crippen LogP contribution in [0.3, 0.4) is 0 Å². The Bertz CT molecular complexity index is 393. The first-order valence-corrected chi connectivity index (χ1v) is 6.55. The maximum absolute atomic E-state index is 12.0. The molecule has 5 heteroatoms. The maximum atomic E-state index is 12.0. The lowest BCUT2D eigenvalue weighted by Crippen LogP contribution is -2.49. The van der Waals surface area contributed by atoms with E-state index in [1.165, 1.54) is 4.90 Å². The highest BCUT2D eigenvalue weighted by molar-refractivity contribution is 5.82. The van der Waals surface area contributed by atoms with Gasteiger partial charge in [-0.1, -0.05) is 25.5 Å². The quantitative estimate of drug-likeness (QED) is 0.783. The molecule has 108 valence electrons. The first-order chi connectivity index (χ1) is 8.61. The molecule has 1 heterocycles. The minimum absolute atomic E-state index is 0.294. The molecule has 1 aliphatic heterocycles. The van der Waals surface area contributed by atoms with Crippen LogP contribution >= 0.6 is 0 Å². The normalized spacial score (nSPS) is 20.2. The van der Waals surface area contributed by atoms with Gasteiger partial charge in [-0.25, -0.2) is 9.59 Å². The molecule has 0 aromatic carbocycles. The van der Waals surface area contributed by atoms with E-state index >= 15 is 0 Å². The number of nitrogens with zero attached hydrogens (tertiary/aromatic N) is 1. The first-order valence-electron chi connectivity index (χ1n) is 6.55. The molecule has 0 aromatic heterocycles. The van der Waals surface area contributed by atoms with Crippen molar-refractivity contribution in [1.29, 1.82) is 0 Å². The summed E-state index contributed by atoms with van der Waals surface area (Å²) in [6.45, 7) is 9.72. The number of carboxylic acids is 1. The zero-order valence-electron chi connectivity index (χ0n) is 12.3. The fraction of sp³-hybridized carbons (Fsp3) is 0.714. The number of aliphatic carboxylic acids is 1. The van der Waals surface area contributed by atoms with Crippen molar-refractivity contribution < 1.29 is 19.4 Å². The average molecular weight is 269 g/mol. The summed E-state index contributed by atoms with van der Waals surface area (Å²) in [5.41, 5.74) is 0.453. The molecular formula is C14H23NO4. The molecule has 1 aliphatic rings. The summed E-state index contributed by atoms with van der Waals surface area (Å²) in [5, 5.41) is 9.26. The van der Waals surface area contributed by atoms with E-state index in [4.69, 9.17) is 4.74 Å². The molecule has 1 unspecified atom stereocenters. The van der Waals surface area contributed by atoms with E-state index in [9.17, 15) is 14.7 Å². The predicted octanol–water partition coefficient (Wildman–Crippen LogP) is 2.66. The highest BCUT2D eigenvalue weighted by Gasteiger charge is 2.34. The van der Waals surface area contributed by atoms with Gasteiger partial charge in [0.2, 0.25) is 0 Å². The molecule has 1 N–H and O–H groups in total. The van der Waals surface area contributed by atoms with Gasteiger partial charge in [0, 0.05) is 6.54 Å². The zero-order valence-corrected chi connectivity index (χ0v) is 12.3. The molecular weight excluding hydrogens is 246 g/mol. The van der Waals surface area contributed by atoms with Crippen LogP contribution in [0.1, 0.15) is 41.0 Å². The van der Waals surface area contributed by atoms with E-state index < -0.39 is 23.7 Å². The van der Waals surface area contributed by atoms with Crippen LogP contribution in [0.2, 0.25) is 0 Å². The smallest absolute Gasteiger partial charge is 0.411 e. The standard InChI is InChI=1S/C14H23NO4/c1-9(2)10-6-7-15(11(8-10)12(16)17)13(18)19-14(3,4)5/h8-9,11H,6-7H2,1-5H3,(H,16,17). The number of amides is 1. The Hall–Kier alpha value is -1.52. The van der Waals surface area contributed by atoms with E-state index in [1.807, 2.05) is 13.8 Å². The van der Waals surface area contributed by atoms with Gasteiger partial charge in [-0.05, 0) is 33.1 Å². The molecule has 0 saturated heterocycles. The van der Waals surface area contributed by atoms with Crippen molar-refractivity contribution >= 4 is 12.1 Å². The van der Waals surface area contributed by atoms with Crippen molar-refractivity contribution in [3.05, 3.63) is 11.6 Å². The summed E-state index contributed by atoms with van der Waals surface area (Å²) in [4.78, 5) is 24.6. The molecule has 19 heavy (non-hydrogen) atoms. The number of carbonyl (C=O) groups excluding carboxylic acids is 1. The van der Waals surface area contributed by atoms with Gasteiger partial charge in [0.1, 0.15) is 5.60 Å². The van der Waals surface area contributed by atoms with Crippen molar-refractivity contribution in [2.45, 2.75) is 52.7 Å². The van der Waals surface area contributed by atoms with Crippen molar-refractivity contribution in [2.24, 2.45) is 5.92 Å². The van der Waals surface area contributed by atoms with Crippen molar-refractivity contribution in [3.8, 4) is 0 Å². The SMILES string of the molecule is CC(C)C1=CC(C(=O)O)N(C(=O)OC(C)(C)C)CC1. The highest BCUT2D eigenvalue weighted by atomic mass is 16.6. The lowest BCUT2D eigenvalue weighted by atomic mass is 9.93. The van der Waals surface area contributed by atoms with Crippen LogP contribution < -0.4 is 0 Å². The van der Waals surface area contributed by atoms with Crippen molar-refractivity contribution in [3.63, 3.8) is 0 Å². The van der Waals surface area contributed by atoms with E-state index in [0.29, 0.717) is 18.9 Å². The lowest BCUT2D eigenvalue weighted by molar-refractivity contribution is -0.141. The Morgan fingerprint density at radius 1 is 1.42 bits per heavy atom. The van der Waals surface area contributed by atoms with Gasteiger partial charge in [0.15, 0.2) is 6.04 Å². The van der Waals surface area contributed by atoms with Crippen LogP contribution in [0.4, 0.5) is 4.79 Å². The zero-order chi connectivity index (χ0) is 14.8. The van der Waals surface area contributed by atoms with Crippen LogP contribution in [0, 0.1) is 5.92 Å². The molecule has 0 saturated carbocycles. The van der Waals surface area contributed by atoms with E-state index in [-0.39, 0.29) is 0 Å². The molecule has 1 amide bonds. The van der Waals surface area contributed by atoms with Crippen LogP contribution in [-0.4, -0.2) is 40.3 Å². The highest BCUT2D eigenvalue weighted by Crippen LogP contribution is 2.24. The number of carbonyl (C=O) groups is 2. The topological polar surface area (TPSA) is 66.8 Å². The molecule has 1 rings (SSSR count). The third kappa shape index (κ3) is 4.26. The fourth-order valence-corrected chi connectivity index (χ4v) is 1.98. The van der Waals surface area contributed by atoms with Gasteiger partial charge < -0.3 is 9.84 Å². The minimum atomic E-state index is -1.02. The first kappa shape index (κ1) is 15.5. The van der Waals surface area contributed by atoms with Crippen molar-refractivity contribution in [2.75, 3.05) is 6.54 Å². The Morgan fingerprint density at radius 3 is 2.42 bits per heavy atom. The van der Waals surface area contributed by atoms with Gasteiger partial charge in [-0.3, -0.25) is 4.90 Å². The van der Waals surface area contributed by atoms with Crippen LogP contribution in [0.15, 0.2) is 11.6 Å². The molecule has 5 nitrogen and oxygen atoms in total. The number of ether oxygens (including phenoxy) is 1. The monoisotopic (exact) mass is 269 g/mol. The fourth-order valence-electron chi connectivity index (χ4n) is 1.98. The third-order valence-electron chi connectivity index (χ3n) is 2.97. The summed E-state index contributed by atoms with van der Waals surface area (Å²) < 4.78 is 5.25. The molecule has 0 fully saturated rings. The van der Waals surface area contributed by atoms with Gasteiger partial charge >= 0.3 is 12.1 Å². The largest absolute Gasteiger partial charge is 0.479 e. The van der Waals surface area contributed by atoms with Crippen LogP contribution in [-0.2, 0) is 9.53 Å². The third-order valence-corrected chi connectivity index (χ3v) is 2.97. The van der Waals surface area contributed by atoms with Gasteiger partial charge in [-0.2, -0.15) is 0 Å². The molecule has 0 aromatic rings. The van der Waals surface area contributed by atoms with E-state index in [2.05, 4.69) is 0 Å². The summed E-state index contributed by atoms with van der Waals surface area (Å²) in [6, 6.07) is -0.930. The molecule has 0 radical (unpaired) electrons. The Kier molecular flexibility index (Phi) is 4.61. The summed E-state index contributed by atoms with van der Waals surface area (Å²) in [6.07, 6.45) is 1.79. The second kappa shape index (κ2) is 5.63. The number of rotatable bonds is 2. The second-order valence-corrected chi connectivity index (χ2v) is 6.10. The summed E-state index contributed by atoms with van der Waals surface area (Å²) in [5.74, 6) is -0.730. The van der Waals surface area contributed by atoms with E-state index in [0.717, 1.165) is 5.57 Å². The Balaban J connectivity index is 2.90. The van der Waals surface area contributed by atoms with Gasteiger partial charge in [0.25, 0.3) is 0 Å². The van der Waals surface area contributed by atoms with Crippen LogP contribution in [0.5, 0.6) is 0 Å². The average Bonchev–Trinajstić information content (AvgIpc) is 2.25. The predicted molar refractivity (Wildman–Crippen MR) is 71.9 cm³/mol. The molecule has 0 spiro atoms. The Morgan fingerprint density at radius 2 is 2.00 bits per heavy atom. The number of hydrogen-bond acceptors (Lipinski definition) is 3. The minimum Gasteiger partial charge on any atom is -0.479 e. The second-order valence-electron chi connectivity index (χ2n) is 6.10. The van der Waals surface area contributed by atoms with E-state index in [1.54, 1.807) is 26.8 Å². The molecule has 1 atom stereocenters. The number of carboxylic acid groups (broad SMARTS) is 1. The maximum Gasteiger partial charge on any atom is 0.411 e. The van der Waals surface area contributed by atoms with Crippen LogP contribution in [0.25, 0.3) is 0 Å². The van der Waals surface area contributed by atoms with Crippen molar-refractivity contribution in [1.82, 2.24) is 4.90 Å². The summed E-state index contributed by atoms with van der Waals surface area (Å²) in [7, 11) is 0. The number of hydrogen-bond donors (Lipinski definition) is 1. The summed E-state index contributed by atoms with van der Waals surface area (Å²) >= 11 is 0. The lowest BCUT2D eigenvalue weighted by Gasteiger charge is -2.34. The molecule has 0 aliphatic carbocycles. The molecule has 0 bridgehead atoms. The Labute approximate surface area is 114 Å². The van der Waals surface area contributed by atoms with Gasteiger partial charge in [-0.15, -0.1) is 0 Å².